The first-order valence-corrected chi connectivity index (χ1v) is 8.16. The van der Waals surface area contributed by atoms with Crippen molar-refractivity contribution in [1.82, 2.24) is 0 Å². The van der Waals surface area contributed by atoms with Gasteiger partial charge >= 0.3 is 5.97 Å². The van der Waals surface area contributed by atoms with Crippen LogP contribution in [-0.2, 0) is 20.4 Å². The molecule has 0 heterocycles. The van der Waals surface area contributed by atoms with Crippen LogP contribution in [0.2, 0.25) is 0 Å². The van der Waals surface area contributed by atoms with Gasteiger partial charge in [0.1, 0.15) is 0 Å². The summed E-state index contributed by atoms with van der Waals surface area (Å²) in [6.07, 6.45) is -0.165. The molecule has 2 nitrogen and oxygen atoms in total. The molecule has 1 aliphatic carbocycles. The highest BCUT2D eigenvalue weighted by atomic mass is 19.3. The lowest BCUT2D eigenvalue weighted by molar-refractivity contribution is -0.145. The number of benzene rings is 1. The summed E-state index contributed by atoms with van der Waals surface area (Å²) in [4.78, 5) is 11.4. The molecule has 0 fully saturated rings. The maximum Gasteiger partial charge on any atom is 0.303 e. The van der Waals surface area contributed by atoms with Crippen molar-refractivity contribution in [2.45, 2.75) is 71.3 Å². The fourth-order valence-corrected chi connectivity index (χ4v) is 2.56. The van der Waals surface area contributed by atoms with Crippen molar-refractivity contribution in [2.24, 2.45) is 0 Å². The second kappa shape index (κ2) is 5.68. The maximum atomic E-state index is 13.6. The number of carbonyl (C=O) groups excluding carboxylic acids is 1. The first-order chi connectivity index (χ1) is 10.7. The molecule has 24 heavy (non-hydrogen) atoms. The second-order valence-electron chi connectivity index (χ2n) is 8.56. The summed E-state index contributed by atoms with van der Waals surface area (Å²) in [6.45, 7) is 13.7. The fraction of sp³-hybridized carbons (Fsp3) is 0.550. The number of hydrogen-bond donors (Lipinski definition) is 0. The summed E-state index contributed by atoms with van der Waals surface area (Å²) in [5.74, 6) is -3.53. The molecule has 0 radical (unpaired) electrons. The number of rotatable bonds is 3. The molecule has 2 rings (SSSR count). The Bertz CT molecular complexity index is 656. The summed E-state index contributed by atoms with van der Waals surface area (Å²) in [5, 5.41) is 0. The van der Waals surface area contributed by atoms with E-state index in [4.69, 9.17) is 4.74 Å². The van der Waals surface area contributed by atoms with Gasteiger partial charge in [0.25, 0.3) is 5.92 Å². The lowest BCUT2D eigenvalue weighted by atomic mass is 9.79. The van der Waals surface area contributed by atoms with Crippen molar-refractivity contribution in [2.75, 3.05) is 0 Å². The van der Waals surface area contributed by atoms with E-state index in [9.17, 15) is 13.6 Å². The number of ether oxygens (including phenoxy) is 1. The van der Waals surface area contributed by atoms with Crippen molar-refractivity contribution in [1.29, 1.82) is 0 Å². The molecule has 1 aromatic rings. The maximum absolute atomic E-state index is 13.6. The van der Waals surface area contributed by atoms with Crippen LogP contribution in [0.4, 0.5) is 8.78 Å². The highest BCUT2D eigenvalue weighted by Gasteiger charge is 2.51. The van der Waals surface area contributed by atoms with E-state index in [0.717, 1.165) is 17.2 Å². The van der Waals surface area contributed by atoms with E-state index in [1.54, 1.807) is 0 Å². The minimum Gasteiger partial charge on any atom is -0.453 e. The van der Waals surface area contributed by atoms with Crippen LogP contribution in [0, 0.1) is 0 Å². The molecule has 1 aromatic carbocycles. The van der Waals surface area contributed by atoms with Crippen LogP contribution in [0.5, 0.6) is 0 Å². The van der Waals surface area contributed by atoms with Crippen molar-refractivity contribution >= 4 is 5.97 Å². The molecule has 4 heteroatoms. The third kappa shape index (κ3) is 4.03. The zero-order chi connectivity index (χ0) is 18.5. The molecule has 0 N–H and O–H groups in total. The van der Waals surface area contributed by atoms with Crippen LogP contribution < -0.4 is 0 Å². The van der Waals surface area contributed by atoms with E-state index in [1.165, 1.54) is 6.92 Å². The van der Waals surface area contributed by atoms with Crippen LogP contribution in [0.3, 0.4) is 0 Å². The third-order valence-corrected chi connectivity index (χ3v) is 4.19. The molecule has 1 aliphatic rings. The van der Waals surface area contributed by atoms with Crippen LogP contribution in [0.1, 0.15) is 71.3 Å². The Kier molecular flexibility index (Phi) is 4.41. The van der Waals surface area contributed by atoms with E-state index >= 15 is 0 Å². The lowest BCUT2D eigenvalue weighted by Crippen LogP contribution is -2.19. The van der Waals surface area contributed by atoms with Gasteiger partial charge in [-0.15, -0.1) is 0 Å². The quantitative estimate of drug-likeness (QED) is 0.541. The number of alkyl halides is 2. The molecule has 132 valence electrons. The molecule has 0 bridgehead atoms. The fourth-order valence-electron chi connectivity index (χ4n) is 2.56. The summed E-state index contributed by atoms with van der Waals surface area (Å²) in [6, 6.07) is 5.85. The Hall–Kier alpha value is -1.71. The lowest BCUT2D eigenvalue weighted by Gasteiger charge is -2.28. The third-order valence-electron chi connectivity index (χ3n) is 4.19. The van der Waals surface area contributed by atoms with E-state index in [0.29, 0.717) is 5.56 Å². The van der Waals surface area contributed by atoms with Crippen molar-refractivity contribution in [3.8, 4) is 0 Å². The largest absolute Gasteiger partial charge is 0.453 e. The Morgan fingerprint density at radius 1 is 1.00 bits per heavy atom. The smallest absolute Gasteiger partial charge is 0.303 e. The molecule has 0 amide bonds. The first kappa shape index (κ1) is 18.6. The number of allylic oxidation sites excluding steroid dienone is 1. The Labute approximate surface area is 142 Å². The summed E-state index contributed by atoms with van der Waals surface area (Å²) in [7, 11) is 0. The highest BCUT2D eigenvalue weighted by Crippen LogP contribution is 2.50. The van der Waals surface area contributed by atoms with Gasteiger partial charge in [-0.05, 0) is 33.6 Å². The molecule has 0 spiro atoms. The van der Waals surface area contributed by atoms with Gasteiger partial charge in [0.2, 0.25) is 0 Å². The molecule has 0 aliphatic heterocycles. The van der Waals surface area contributed by atoms with Gasteiger partial charge in [0.05, 0.1) is 0 Å². The van der Waals surface area contributed by atoms with Crippen LogP contribution in [0.15, 0.2) is 29.8 Å². The van der Waals surface area contributed by atoms with Crippen LogP contribution >= 0.6 is 0 Å². The second-order valence-corrected chi connectivity index (χ2v) is 8.56. The Morgan fingerprint density at radius 3 is 1.71 bits per heavy atom. The SMILES string of the molecule is CC(=O)OC(C1=CC1(F)F)c1cc(C(C)(C)C)cc(C(C)(C)C)c1. The molecule has 0 aromatic heterocycles. The molecule has 0 saturated heterocycles. The van der Waals surface area contributed by atoms with Gasteiger partial charge in [-0.3, -0.25) is 4.79 Å². The van der Waals surface area contributed by atoms with Gasteiger partial charge in [0.15, 0.2) is 6.10 Å². The summed E-state index contributed by atoms with van der Waals surface area (Å²) >= 11 is 0. The topological polar surface area (TPSA) is 26.3 Å². The molecule has 0 saturated carbocycles. The first-order valence-electron chi connectivity index (χ1n) is 8.16. The Morgan fingerprint density at radius 2 is 1.42 bits per heavy atom. The van der Waals surface area contributed by atoms with E-state index < -0.39 is 18.0 Å². The number of halogens is 2. The van der Waals surface area contributed by atoms with Crippen molar-refractivity contribution < 1.29 is 18.3 Å². The Balaban J connectivity index is 2.57. The van der Waals surface area contributed by atoms with Gasteiger partial charge in [0, 0.05) is 12.5 Å². The number of carbonyl (C=O) groups is 1. The van der Waals surface area contributed by atoms with Crippen LogP contribution in [-0.4, -0.2) is 11.9 Å². The summed E-state index contributed by atoms with van der Waals surface area (Å²) in [5.41, 5.74) is 2.25. The summed E-state index contributed by atoms with van der Waals surface area (Å²) < 4.78 is 32.4. The minimum absolute atomic E-state index is 0.136. The monoisotopic (exact) mass is 336 g/mol. The zero-order valence-electron chi connectivity index (χ0n) is 15.5. The van der Waals surface area contributed by atoms with Crippen LogP contribution in [0.25, 0.3) is 0 Å². The average Bonchev–Trinajstić information content (AvgIpc) is 3.02. The van der Waals surface area contributed by atoms with E-state index in [-0.39, 0.29) is 16.4 Å². The predicted octanol–water partition coefficient (Wildman–Crippen LogP) is 5.46. The van der Waals surface area contributed by atoms with Crippen molar-refractivity contribution in [3.63, 3.8) is 0 Å². The van der Waals surface area contributed by atoms with Gasteiger partial charge in [-0.2, -0.15) is 8.78 Å². The normalized spacial score (nSPS) is 18.0. The molecular formula is C20H26F2O2. The minimum atomic E-state index is -2.96. The molecule has 1 unspecified atom stereocenters. The average molecular weight is 336 g/mol. The van der Waals surface area contributed by atoms with E-state index in [2.05, 4.69) is 47.6 Å². The molecule has 1 atom stereocenters. The van der Waals surface area contributed by atoms with E-state index in [1.807, 2.05) is 12.1 Å². The van der Waals surface area contributed by atoms with Gasteiger partial charge in [-0.1, -0.05) is 59.7 Å². The van der Waals surface area contributed by atoms with Crippen molar-refractivity contribution in [3.05, 3.63) is 46.5 Å². The number of hydrogen-bond acceptors (Lipinski definition) is 2. The number of esters is 1. The van der Waals surface area contributed by atoms with Gasteiger partial charge in [-0.25, -0.2) is 0 Å². The highest BCUT2D eigenvalue weighted by molar-refractivity contribution is 5.67. The predicted molar refractivity (Wildman–Crippen MR) is 91.4 cm³/mol. The zero-order valence-corrected chi connectivity index (χ0v) is 15.5. The molecular weight excluding hydrogens is 310 g/mol. The van der Waals surface area contributed by atoms with Gasteiger partial charge < -0.3 is 4.74 Å². The standard InChI is InChI=1S/C20H26F2O2/c1-12(23)24-17(16-11-20(16,21)22)13-8-14(18(2,3)4)10-15(9-13)19(5,6)7/h8-11,17H,1-7H3.